The largest absolute Gasteiger partial charge is 0.507 e. The molecule has 1 aromatic heterocycles. The molecular weight excluding hydrogens is 446 g/mol. The second-order valence-electron chi connectivity index (χ2n) is 6.66. The first-order chi connectivity index (χ1) is 14.5. The van der Waals surface area contributed by atoms with Gasteiger partial charge in [-0.05, 0) is 48.9 Å². The van der Waals surface area contributed by atoms with E-state index in [9.17, 15) is 9.90 Å². The topological polar surface area (TPSA) is 76.7 Å². The van der Waals surface area contributed by atoms with Crippen LogP contribution < -0.4 is 10.3 Å². The lowest BCUT2D eigenvalue weighted by Gasteiger charge is -2.12. The molecule has 0 bridgehead atoms. The number of aromatic nitrogens is 2. The van der Waals surface area contributed by atoms with Gasteiger partial charge in [-0.3, -0.25) is 4.79 Å². The molecule has 30 heavy (non-hydrogen) atoms. The van der Waals surface area contributed by atoms with Crippen LogP contribution in [0.1, 0.15) is 17.0 Å². The Labute approximate surface area is 181 Å². The fourth-order valence-corrected chi connectivity index (χ4v) is 3.37. The van der Waals surface area contributed by atoms with Gasteiger partial charge in [-0.1, -0.05) is 46.3 Å². The van der Waals surface area contributed by atoms with E-state index in [4.69, 9.17) is 4.74 Å². The molecule has 0 radical (unpaired) electrons. The molecule has 1 N–H and O–H groups in total. The predicted molar refractivity (Wildman–Crippen MR) is 120 cm³/mol. The van der Waals surface area contributed by atoms with Gasteiger partial charge in [-0.15, -0.1) is 0 Å². The van der Waals surface area contributed by atoms with Crippen LogP contribution in [-0.2, 0) is 6.61 Å². The average molecular weight is 464 g/mol. The number of aryl methyl sites for hydroxylation is 1. The van der Waals surface area contributed by atoms with Crippen LogP contribution in [0.25, 0.3) is 10.9 Å². The van der Waals surface area contributed by atoms with Crippen LogP contribution in [0.5, 0.6) is 11.5 Å². The number of halogens is 1. The normalized spacial score (nSPS) is 11.3. The third-order valence-electron chi connectivity index (χ3n) is 4.57. The van der Waals surface area contributed by atoms with Gasteiger partial charge in [-0.2, -0.15) is 9.78 Å². The molecule has 0 aliphatic carbocycles. The van der Waals surface area contributed by atoms with E-state index in [0.29, 0.717) is 28.0 Å². The van der Waals surface area contributed by atoms with Gasteiger partial charge < -0.3 is 9.84 Å². The molecule has 0 fully saturated rings. The van der Waals surface area contributed by atoms with Crippen molar-refractivity contribution < 1.29 is 9.84 Å². The van der Waals surface area contributed by atoms with Gasteiger partial charge in [0.25, 0.3) is 5.56 Å². The monoisotopic (exact) mass is 463 g/mol. The summed E-state index contributed by atoms with van der Waals surface area (Å²) in [5.74, 6) is 1.12. The maximum absolute atomic E-state index is 13.1. The van der Waals surface area contributed by atoms with Crippen LogP contribution in [0.2, 0.25) is 0 Å². The molecule has 0 aliphatic rings. The Morgan fingerprint density at radius 3 is 2.73 bits per heavy atom. The number of phenols is 1. The fraction of sp³-hybridized carbons (Fsp3) is 0.0870. The summed E-state index contributed by atoms with van der Waals surface area (Å²) in [6.07, 6.45) is 1.43. The van der Waals surface area contributed by atoms with Gasteiger partial charge in [0.05, 0.1) is 17.1 Å². The number of hydrogen-bond acceptors (Lipinski definition) is 5. The van der Waals surface area contributed by atoms with Crippen molar-refractivity contribution in [2.45, 2.75) is 13.5 Å². The van der Waals surface area contributed by atoms with E-state index in [-0.39, 0.29) is 17.9 Å². The van der Waals surface area contributed by atoms with Crippen LogP contribution >= 0.6 is 15.9 Å². The van der Waals surface area contributed by atoms with Crippen LogP contribution in [0.15, 0.2) is 81.1 Å². The molecule has 4 aromatic rings. The molecule has 0 unspecified atom stereocenters. The van der Waals surface area contributed by atoms with Gasteiger partial charge in [0.2, 0.25) is 0 Å². The molecular formula is C23H18BrN3O3. The highest BCUT2D eigenvalue weighted by molar-refractivity contribution is 9.10. The summed E-state index contributed by atoms with van der Waals surface area (Å²) >= 11 is 3.37. The molecule has 150 valence electrons. The first-order valence-corrected chi connectivity index (χ1v) is 10.0. The zero-order chi connectivity index (χ0) is 21.1. The summed E-state index contributed by atoms with van der Waals surface area (Å²) in [5, 5.41) is 14.8. The molecule has 7 heteroatoms. The SMILES string of the molecule is Cc1ccccc1OCc1nc2ccccc2c(=O)n1N=Cc1cc(Br)ccc1O. The van der Waals surface area contributed by atoms with Crippen LogP contribution in [0, 0.1) is 6.92 Å². The average Bonchev–Trinajstić information content (AvgIpc) is 2.75. The number of nitrogens with zero attached hydrogens (tertiary/aromatic N) is 3. The minimum atomic E-state index is -0.310. The highest BCUT2D eigenvalue weighted by Crippen LogP contribution is 2.21. The summed E-state index contributed by atoms with van der Waals surface area (Å²) < 4.78 is 7.90. The lowest BCUT2D eigenvalue weighted by molar-refractivity contribution is 0.287. The molecule has 0 atom stereocenters. The van der Waals surface area contributed by atoms with E-state index < -0.39 is 0 Å². The number of rotatable bonds is 5. The summed E-state index contributed by atoms with van der Waals surface area (Å²) in [6.45, 7) is 2.01. The summed E-state index contributed by atoms with van der Waals surface area (Å²) in [6, 6.07) is 19.7. The standard InChI is InChI=1S/C23H18BrN3O3/c1-15-6-2-5-9-21(15)30-14-22-26-19-8-4-3-7-18(19)23(29)27(22)25-13-16-12-17(24)10-11-20(16)28/h2-13,28H,14H2,1H3. The Balaban J connectivity index is 1.78. The number of phenolic OH excluding ortho intramolecular Hbond substituents is 1. The Morgan fingerprint density at radius 1 is 1.13 bits per heavy atom. The van der Waals surface area contributed by atoms with Crippen molar-refractivity contribution in [2.75, 3.05) is 0 Å². The van der Waals surface area contributed by atoms with E-state index in [1.165, 1.54) is 10.9 Å². The van der Waals surface area contributed by atoms with Crippen LogP contribution in [0.4, 0.5) is 0 Å². The number of fused-ring (bicyclic) bond motifs is 1. The third kappa shape index (κ3) is 4.11. The van der Waals surface area contributed by atoms with Gasteiger partial charge >= 0.3 is 0 Å². The molecule has 0 amide bonds. The van der Waals surface area contributed by atoms with Gasteiger partial charge in [-0.25, -0.2) is 4.98 Å². The first kappa shape index (κ1) is 19.8. The van der Waals surface area contributed by atoms with Crippen LogP contribution in [-0.4, -0.2) is 21.0 Å². The number of para-hydroxylation sites is 2. The second-order valence-corrected chi connectivity index (χ2v) is 7.58. The third-order valence-corrected chi connectivity index (χ3v) is 5.07. The van der Waals surface area contributed by atoms with E-state index in [0.717, 1.165) is 10.0 Å². The highest BCUT2D eigenvalue weighted by atomic mass is 79.9. The molecule has 0 aliphatic heterocycles. The van der Waals surface area contributed by atoms with Gasteiger partial charge in [0.15, 0.2) is 5.82 Å². The number of benzene rings is 3. The Kier molecular flexibility index (Phi) is 5.63. The van der Waals surface area contributed by atoms with Crippen molar-refractivity contribution in [3.8, 4) is 11.5 Å². The lowest BCUT2D eigenvalue weighted by Crippen LogP contribution is -2.23. The Morgan fingerprint density at radius 2 is 1.90 bits per heavy atom. The quantitative estimate of drug-likeness (QED) is 0.437. The van der Waals surface area contributed by atoms with Crippen molar-refractivity contribution in [3.05, 3.63) is 98.5 Å². The smallest absolute Gasteiger partial charge is 0.282 e. The number of hydrogen-bond donors (Lipinski definition) is 1. The summed E-state index contributed by atoms with van der Waals surface area (Å²) in [5.41, 5.74) is 1.71. The van der Waals surface area contributed by atoms with Crippen molar-refractivity contribution in [3.63, 3.8) is 0 Å². The van der Waals surface area contributed by atoms with E-state index in [2.05, 4.69) is 26.0 Å². The second kappa shape index (κ2) is 8.51. The summed E-state index contributed by atoms with van der Waals surface area (Å²) in [7, 11) is 0. The lowest BCUT2D eigenvalue weighted by atomic mass is 10.2. The molecule has 0 saturated carbocycles. The molecule has 1 heterocycles. The predicted octanol–water partition coefficient (Wildman–Crippen LogP) is 4.63. The molecule has 3 aromatic carbocycles. The zero-order valence-corrected chi connectivity index (χ0v) is 17.7. The van der Waals surface area contributed by atoms with Crippen molar-refractivity contribution >= 4 is 33.0 Å². The van der Waals surface area contributed by atoms with E-state index in [1.807, 2.05) is 37.3 Å². The summed E-state index contributed by atoms with van der Waals surface area (Å²) in [4.78, 5) is 17.7. The Hall–Kier alpha value is -3.45. The molecule has 6 nitrogen and oxygen atoms in total. The van der Waals surface area contributed by atoms with Crippen molar-refractivity contribution in [1.29, 1.82) is 0 Å². The fourth-order valence-electron chi connectivity index (χ4n) is 2.99. The first-order valence-electron chi connectivity index (χ1n) is 9.25. The maximum atomic E-state index is 13.1. The van der Waals surface area contributed by atoms with Crippen molar-refractivity contribution in [2.24, 2.45) is 5.10 Å². The van der Waals surface area contributed by atoms with Crippen molar-refractivity contribution in [1.82, 2.24) is 9.66 Å². The van der Waals surface area contributed by atoms with Gasteiger partial charge in [0.1, 0.15) is 18.1 Å². The van der Waals surface area contributed by atoms with E-state index >= 15 is 0 Å². The maximum Gasteiger partial charge on any atom is 0.282 e. The Bertz CT molecular complexity index is 1310. The molecule has 0 saturated heterocycles. The number of aromatic hydroxyl groups is 1. The minimum absolute atomic E-state index is 0.0569. The highest BCUT2D eigenvalue weighted by Gasteiger charge is 2.12. The minimum Gasteiger partial charge on any atom is -0.507 e. The molecule has 0 spiro atoms. The molecule has 4 rings (SSSR count). The zero-order valence-electron chi connectivity index (χ0n) is 16.1. The van der Waals surface area contributed by atoms with Crippen LogP contribution in [0.3, 0.4) is 0 Å². The number of ether oxygens (including phenoxy) is 1. The van der Waals surface area contributed by atoms with Gasteiger partial charge in [0, 0.05) is 10.0 Å². The van der Waals surface area contributed by atoms with E-state index in [1.54, 1.807) is 36.4 Å².